The largest absolute Gasteiger partial charge is 0.341 e. The molecule has 1 heterocycles. The Labute approximate surface area is 178 Å². The molecular formula is C24H31N3O3. The van der Waals surface area contributed by atoms with Crippen molar-refractivity contribution in [2.45, 2.75) is 40.2 Å². The minimum Gasteiger partial charge on any atom is -0.341 e. The second kappa shape index (κ2) is 8.46. The first-order chi connectivity index (χ1) is 14.1. The van der Waals surface area contributed by atoms with Crippen LogP contribution in [0.2, 0.25) is 0 Å². The van der Waals surface area contributed by atoms with Crippen LogP contribution < -0.4 is 5.32 Å². The number of rotatable bonds is 7. The van der Waals surface area contributed by atoms with Crippen molar-refractivity contribution in [1.29, 1.82) is 0 Å². The first-order valence-electron chi connectivity index (χ1n) is 10.5. The maximum atomic E-state index is 13.4. The van der Waals surface area contributed by atoms with Gasteiger partial charge in [0, 0.05) is 13.1 Å². The van der Waals surface area contributed by atoms with E-state index < -0.39 is 17.5 Å². The third kappa shape index (κ3) is 4.18. The molecule has 6 nitrogen and oxygen atoms in total. The second-order valence-electron chi connectivity index (χ2n) is 9.06. The molecule has 1 N–H and O–H groups in total. The number of nitrogens with one attached hydrogen (secondary N) is 1. The lowest BCUT2D eigenvalue weighted by molar-refractivity contribution is -0.139. The molecule has 2 aromatic carbocycles. The molecule has 6 heteroatoms. The average Bonchev–Trinajstić information content (AvgIpc) is 2.90. The molecule has 3 rings (SSSR count). The molecule has 1 aliphatic heterocycles. The lowest BCUT2D eigenvalue weighted by Gasteiger charge is -2.28. The minimum atomic E-state index is -1.21. The lowest BCUT2D eigenvalue weighted by Crippen LogP contribution is -2.46. The van der Waals surface area contributed by atoms with Gasteiger partial charge < -0.3 is 10.2 Å². The molecule has 1 unspecified atom stereocenters. The number of benzene rings is 2. The number of carbonyl (C=O) groups excluding carboxylic acids is 3. The monoisotopic (exact) mass is 409 g/mol. The molecule has 0 aromatic heterocycles. The van der Waals surface area contributed by atoms with Crippen molar-refractivity contribution in [2.24, 2.45) is 11.8 Å². The summed E-state index contributed by atoms with van der Waals surface area (Å²) in [6.07, 6.45) is 0. The van der Waals surface area contributed by atoms with Gasteiger partial charge in [-0.3, -0.25) is 14.5 Å². The van der Waals surface area contributed by atoms with Crippen molar-refractivity contribution in [2.75, 3.05) is 19.6 Å². The highest BCUT2D eigenvalue weighted by Gasteiger charge is 2.50. The molecule has 30 heavy (non-hydrogen) atoms. The number of hydrogen-bond donors (Lipinski definition) is 1. The van der Waals surface area contributed by atoms with Crippen LogP contribution in [0.4, 0.5) is 4.79 Å². The van der Waals surface area contributed by atoms with Gasteiger partial charge >= 0.3 is 6.03 Å². The Hall–Kier alpha value is -2.89. The lowest BCUT2D eigenvalue weighted by atomic mass is 9.88. The van der Waals surface area contributed by atoms with Crippen LogP contribution in [-0.4, -0.2) is 47.3 Å². The molecule has 2 aromatic rings. The van der Waals surface area contributed by atoms with Gasteiger partial charge in [-0.2, -0.15) is 0 Å². The zero-order valence-electron chi connectivity index (χ0n) is 18.4. The highest BCUT2D eigenvalue weighted by Crippen LogP contribution is 2.33. The van der Waals surface area contributed by atoms with E-state index in [-0.39, 0.29) is 12.5 Å². The number of fused-ring (bicyclic) bond motifs is 1. The van der Waals surface area contributed by atoms with E-state index in [1.165, 1.54) is 0 Å². The topological polar surface area (TPSA) is 69.7 Å². The Balaban J connectivity index is 1.87. The van der Waals surface area contributed by atoms with E-state index in [2.05, 4.69) is 5.32 Å². The van der Waals surface area contributed by atoms with Crippen LogP contribution in [0.15, 0.2) is 42.5 Å². The summed E-state index contributed by atoms with van der Waals surface area (Å²) in [6, 6.07) is 12.9. The SMILES string of the molecule is CC(C)CN(CC(C)C)C(=O)CN1C(=O)NC(C)(c2cccc3ccccc23)C1=O. The van der Waals surface area contributed by atoms with Crippen LogP contribution >= 0.6 is 0 Å². The van der Waals surface area contributed by atoms with E-state index in [1.54, 1.807) is 11.8 Å². The Bertz CT molecular complexity index is 954. The van der Waals surface area contributed by atoms with Crippen molar-refractivity contribution in [3.8, 4) is 0 Å². The summed E-state index contributed by atoms with van der Waals surface area (Å²) in [4.78, 5) is 41.9. The van der Waals surface area contributed by atoms with Crippen LogP contribution in [0.1, 0.15) is 40.2 Å². The highest BCUT2D eigenvalue weighted by molar-refractivity contribution is 6.10. The fourth-order valence-corrected chi connectivity index (χ4v) is 4.08. The maximum Gasteiger partial charge on any atom is 0.325 e. The zero-order chi connectivity index (χ0) is 22.1. The second-order valence-corrected chi connectivity index (χ2v) is 9.06. The molecule has 0 radical (unpaired) electrons. The summed E-state index contributed by atoms with van der Waals surface area (Å²) in [5.74, 6) is 0.00262. The van der Waals surface area contributed by atoms with Gasteiger partial charge in [-0.1, -0.05) is 70.2 Å². The van der Waals surface area contributed by atoms with Crippen molar-refractivity contribution < 1.29 is 14.4 Å². The van der Waals surface area contributed by atoms with E-state index in [4.69, 9.17) is 0 Å². The standard InChI is InChI=1S/C24H31N3O3/c1-16(2)13-26(14-17(3)4)21(28)15-27-22(29)24(5,25-23(27)30)20-12-8-10-18-9-6-7-11-19(18)20/h6-12,16-17H,13-15H2,1-5H3,(H,25,30). The van der Waals surface area contributed by atoms with Crippen molar-refractivity contribution in [1.82, 2.24) is 15.1 Å². The Morgan fingerprint density at radius 3 is 2.23 bits per heavy atom. The molecule has 0 spiro atoms. The summed E-state index contributed by atoms with van der Waals surface area (Å²) in [6.45, 7) is 10.8. The van der Waals surface area contributed by atoms with Crippen molar-refractivity contribution >= 4 is 28.6 Å². The van der Waals surface area contributed by atoms with Gasteiger partial charge in [0.15, 0.2) is 0 Å². The van der Waals surface area contributed by atoms with Crippen LogP contribution in [0.5, 0.6) is 0 Å². The average molecular weight is 410 g/mol. The minimum absolute atomic E-state index is 0.205. The van der Waals surface area contributed by atoms with E-state index in [1.807, 2.05) is 70.2 Å². The quantitative estimate of drug-likeness (QED) is 0.708. The molecule has 4 amide bonds. The van der Waals surface area contributed by atoms with E-state index in [0.717, 1.165) is 21.2 Å². The number of imide groups is 1. The highest BCUT2D eigenvalue weighted by atomic mass is 16.2. The van der Waals surface area contributed by atoms with Crippen LogP contribution in [0, 0.1) is 11.8 Å². The van der Waals surface area contributed by atoms with Crippen molar-refractivity contribution in [3.05, 3.63) is 48.0 Å². The number of hydrogen-bond acceptors (Lipinski definition) is 3. The molecule has 1 atom stereocenters. The summed E-state index contributed by atoms with van der Waals surface area (Å²) in [5, 5.41) is 4.73. The zero-order valence-corrected chi connectivity index (χ0v) is 18.4. The van der Waals surface area contributed by atoms with Crippen LogP contribution in [0.25, 0.3) is 10.8 Å². The van der Waals surface area contributed by atoms with Gasteiger partial charge in [0.1, 0.15) is 12.1 Å². The van der Waals surface area contributed by atoms with Crippen LogP contribution in [0.3, 0.4) is 0 Å². The molecule has 0 aliphatic carbocycles. The molecular weight excluding hydrogens is 378 g/mol. The smallest absolute Gasteiger partial charge is 0.325 e. The molecule has 1 aliphatic rings. The maximum absolute atomic E-state index is 13.4. The predicted molar refractivity (Wildman–Crippen MR) is 118 cm³/mol. The van der Waals surface area contributed by atoms with Crippen molar-refractivity contribution in [3.63, 3.8) is 0 Å². The predicted octanol–water partition coefficient (Wildman–Crippen LogP) is 3.75. The van der Waals surface area contributed by atoms with Crippen LogP contribution in [-0.2, 0) is 15.1 Å². The van der Waals surface area contributed by atoms with Gasteiger partial charge in [-0.25, -0.2) is 4.79 Å². The number of amides is 4. The fourth-order valence-electron chi connectivity index (χ4n) is 4.08. The summed E-state index contributed by atoms with van der Waals surface area (Å²) >= 11 is 0. The number of urea groups is 1. The van der Waals surface area contributed by atoms with Gasteiger partial charge in [0.25, 0.3) is 5.91 Å². The van der Waals surface area contributed by atoms with Gasteiger partial charge in [-0.15, -0.1) is 0 Å². The third-order valence-corrected chi connectivity index (χ3v) is 5.42. The molecule has 1 fully saturated rings. The first-order valence-corrected chi connectivity index (χ1v) is 10.5. The summed E-state index contributed by atoms with van der Waals surface area (Å²) in [7, 11) is 0. The van der Waals surface area contributed by atoms with Gasteiger partial charge in [0.05, 0.1) is 0 Å². The molecule has 0 saturated carbocycles. The Morgan fingerprint density at radius 2 is 1.60 bits per heavy atom. The van der Waals surface area contributed by atoms with Gasteiger partial charge in [-0.05, 0) is 35.1 Å². The normalized spacial score (nSPS) is 19.1. The fraction of sp³-hybridized carbons (Fsp3) is 0.458. The van der Waals surface area contributed by atoms with E-state index >= 15 is 0 Å². The Kier molecular flexibility index (Phi) is 6.15. The Morgan fingerprint density at radius 1 is 1.00 bits per heavy atom. The summed E-state index contributed by atoms with van der Waals surface area (Å²) < 4.78 is 0. The molecule has 0 bridgehead atoms. The van der Waals surface area contributed by atoms with E-state index in [9.17, 15) is 14.4 Å². The summed E-state index contributed by atoms with van der Waals surface area (Å²) in [5.41, 5.74) is -0.478. The van der Waals surface area contributed by atoms with E-state index in [0.29, 0.717) is 24.9 Å². The number of nitrogens with zero attached hydrogens (tertiary/aromatic N) is 2. The third-order valence-electron chi connectivity index (χ3n) is 5.42. The van der Waals surface area contributed by atoms with Gasteiger partial charge in [0.2, 0.25) is 5.91 Å². The first kappa shape index (κ1) is 21.8. The molecule has 1 saturated heterocycles. The number of carbonyl (C=O) groups is 3. The molecule has 160 valence electrons.